The first-order valence-corrected chi connectivity index (χ1v) is 8.68. The first-order chi connectivity index (χ1) is 12.8. The van der Waals surface area contributed by atoms with Gasteiger partial charge in [-0.05, 0) is 34.9 Å². The van der Waals surface area contributed by atoms with Crippen LogP contribution >= 0.6 is 0 Å². The summed E-state index contributed by atoms with van der Waals surface area (Å²) < 4.78 is 0. The van der Waals surface area contributed by atoms with Gasteiger partial charge in [-0.1, -0.05) is 84.9 Å². The number of benzene rings is 4. The fourth-order valence-electron chi connectivity index (χ4n) is 3.08. The highest BCUT2D eigenvalue weighted by Crippen LogP contribution is 2.35. The average molecular weight is 336 g/mol. The van der Waals surface area contributed by atoms with Crippen LogP contribution in [0.15, 0.2) is 103 Å². The SMILES string of the molecule is Nc1ccccc1Nc1cc(-c2ccccc2)ccc1-c1ccccc1. The third-order valence-corrected chi connectivity index (χ3v) is 4.44. The van der Waals surface area contributed by atoms with E-state index in [1.165, 1.54) is 16.7 Å². The summed E-state index contributed by atoms with van der Waals surface area (Å²) in [6.07, 6.45) is 0. The zero-order valence-electron chi connectivity index (χ0n) is 14.4. The molecule has 0 fully saturated rings. The number of nitrogens with one attached hydrogen (secondary N) is 1. The summed E-state index contributed by atoms with van der Waals surface area (Å²) in [4.78, 5) is 0. The van der Waals surface area contributed by atoms with Gasteiger partial charge in [0.05, 0.1) is 11.4 Å². The van der Waals surface area contributed by atoms with E-state index in [9.17, 15) is 0 Å². The lowest BCUT2D eigenvalue weighted by molar-refractivity contribution is 1.52. The van der Waals surface area contributed by atoms with Crippen LogP contribution in [0.25, 0.3) is 22.3 Å². The van der Waals surface area contributed by atoms with Gasteiger partial charge in [-0.2, -0.15) is 0 Å². The molecule has 0 saturated carbocycles. The maximum absolute atomic E-state index is 6.14. The Morgan fingerprint density at radius 2 is 1.12 bits per heavy atom. The standard InChI is InChI=1S/C24H20N2/c25-22-13-7-8-14-23(22)26-24-17-20(18-9-3-1-4-10-18)15-16-21(24)19-11-5-2-6-12-19/h1-17,26H,25H2. The number of rotatable bonds is 4. The Bertz CT molecular complexity index is 1010. The maximum Gasteiger partial charge on any atom is 0.0618 e. The van der Waals surface area contributed by atoms with Crippen molar-refractivity contribution in [3.63, 3.8) is 0 Å². The van der Waals surface area contributed by atoms with Crippen LogP contribution in [0.3, 0.4) is 0 Å². The van der Waals surface area contributed by atoms with Gasteiger partial charge in [-0.25, -0.2) is 0 Å². The van der Waals surface area contributed by atoms with E-state index in [-0.39, 0.29) is 0 Å². The molecule has 0 aliphatic carbocycles. The van der Waals surface area contributed by atoms with E-state index in [0.29, 0.717) is 0 Å². The molecule has 0 aliphatic heterocycles. The molecule has 0 atom stereocenters. The highest BCUT2D eigenvalue weighted by molar-refractivity contribution is 5.87. The summed E-state index contributed by atoms with van der Waals surface area (Å²) in [6.45, 7) is 0. The monoisotopic (exact) mass is 336 g/mol. The van der Waals surface area contributed by atoms with E-state index in [0.717, 1.165) is 22.6 Å². The Labute approximate surface area is 153 Å². The molecule has 0 unspecified atom stereocenters. The second-order valence-corrected chi connectivity index (χ2v) is 6.20. The molecule has 0 radical (unpaired) electrons. The molecule has 126 valence electrons. The molecule has 0 bridgehead atoms. The van der Waals surface area contributed by atoms with Crippen molar-refractivity contribution < 1.29 is 0 Å². The molecule has 4 rings (SSSR count). The van der Waals surface area contributed by atoms with E-state index >= 15 is 0 Å². The molecule has 0 amide bonds. The molecule has 26 heavy (non-hydrogen) atoms. The smallest absolute Gasteiger partial charge is 0.0618 e. The number of anilines is 3. The number of nitrogens with two attached hydrogens (primary N) is 1. The Hall–Kier alpha value is -3.52. The highest BCUT2D eigenvalue weighted by Gasteiger charge is 2.09. The predicted molar refractivity (Wildman–Crippen MR) is 111 cm³/mol. The van der Waals surface area contributed by atoms with Crippen LogP contribution in [-0.2, 0) is 0 Å². The molecule has 4 aromatic carbocycles. The van der Waals surface area contributed by atoms with Gasteiger partial charge in [0.1, 0.15) is 0 Å². The summed E-state index contributed by atoms with van der Waals surface area (Å²) in [6, 6.07) is 35.1. The Balaban J connectivity index is 1.83. The molecule has 3 N–H and O–H groups in total. The van der Waals surface area contributed by atoms with Crippen molar-refractivity contribution in [3.05, 3.63) is 103 Å². The molecule has 0 aromatic heterocycles. The van der Waals surface area contributed by atoms with Crippen molar-refractivity contribution in [2.75, 3.05) is 11.1 Å². The molecular weight excluding hydrogens is 316 g/mol. The third-order valence-electron chi connectivity index (χ3n) is 4.44. The lowest BCUT2D eigenvalue weighted by Gasteiger charge is -2.16. The summed E-state index contributed by atoms with van der Waals surface area (Å²) in [7, 11) is 0. The molecule has 0 spiro atoms. The fraction of sp³-hybridized carbons (Fsp3) is 0. The second kappa shape index (κ2) is 7.16. The summed E-state index contributed by atoms with van der Waals surface area (Å²) >= 11 is 0. The Kier molecular flexibility index (Phi) is 4.40. The molecule has 0 saturated heterocycles. The largest absolute Gasteiger partial charge is 0.397 e. The van der Waals surface area contributed by atoms with Crippen LogP contribution in [0.4, 0.5) is 17.1 Å². The van der Waals surface area contributed by atoms with Crippen LogP contribution in [0, 0.1) is 0 Å². The van der Waals surface area contributed by atoms with Crippen LogP contribution in [0.5, 0.6) is 0 Å². The summed E-state index contributed by atoms with van der Waals surface area (Å²) in [5, 5.41) is 3.52. The van der Waals surface area contributed by atoms with Gasteiger partial charge in [-0.15, -0.1) is 0 Å². The van der Waals surface area contributed by atoms with Gasteiger partial charge in [0.2, 0.25) is 0 Å². The predicted octanol–water partition coefficient (Wildman–Crippen LogP) is 6.35. The molecule has 4 aromatic rings. The minimum absolute atomic E-state index is 0.733. The van der Waals surface area contributed by atoms with Crippen molar-refractivity contribution in [2.24, 2.45) is 0 Å². The Morgan fingerprint density at radius 1 is 0.500 bits per heavy atom. The number of para-hydroxylation sites is 2. The van der Waals surface area contributed by atoms with Crippen molar-refractivity contribution in [1.29, 1.82) is 0 Å². The van der Waals surface area contributed by atoms with E-state index in [4.69, 9.17) is 5.73 Å². The number of hydrogen-bond donors (Lipinski definition) is 2. The second-order valence-electron chi connectivity index (χ2n) is 6.20. The quantitative estimate of drug-likeness (QED) is 0.426. The van der Waals surface area contributed by atoms with Crippen LogP contribution in [-0.4, -0.2) is 0 Å². The van der Waals surface area contributed by atoms with Crippen molar-refractivity contribution in [1.82, 2.24) is 0 Å². The van der Waals surface area contributed by atoms with E-state index in [1.807, 2.05) is 36.4 Å². The van der Waals surface area contributed by atoms with Gasteiger partial charge >= 0.3 is 0 Å². The molecule has 2 heteroatoms. The molecular formula is C24H20N2. The van der Waals surface area contributed by atoms with Crippen LogP contribution in [0.2, 0.25) is 0 Å². The normalized spacial score (nSPS) is 10.5. The van der Waals surface area contributed by atoms with E-state index in [1.54, 1.807) is 0 Å². The van der Waals surface area contributed by atoms with Crippen molar-refractivity contribution in [2.45, 2.75) is 0 Å². The van der Waals surface area contributed by atoms with Gasteiger partial charge in [0.25, 0.3) is 0 Å². The number of nitrogen functional groups attached to an aromatic ring is 1. The third kappa shape index (κ3) is 3.31. The maximum atomic E-state index is 6.14. The highest BCUT2D eigenvalue weighted by atomic mass is 14.9. The van der Waals surface area contributed by atoms with Crippen LogP contribution < -0.4 is 11.1 Å². The zero-order chi connectivity index (χ0) is 17.8. The first kappa shape index (κ1) is 16.0. The fourth-order valence-corrected chi connectivity index (χ4v) is 3.08. The average Bonchev–Trinajstić information content (AvgIpc) is 2.71. The number of hydrogen-bond acceptors (Lipinski definition) is 2. The van der Waals surface area contributed by atoms with Crippen molar-refractivity contribution in [3.8, 4) is 22.3 Å². The molecule has 0 aliphatic rings. The minimum atomic E-state index is 0.733. The lowest BCUT2D eigenvalue weighted by Crippen LogP contribution is -1.98. The van der Waals surface area contributed by atoms with Crippen LogP contribution in [0.1, 0.15) is 0 Å². The van der Waals surface area contributed by atoms with Gasteiger partial charge in [-0.3, -0.25) is 0 Å². The summed E-state index contributed by atoms with van der Waals surface area (Å²) in [5.41, 5.74) is 13.5. The van der Waals surface area contributed by atoms with E-state index < -0.39 is 0 Å². The van der Waals surface area contributed by atoms with E-state index in [2.05, 4.69) is 72.0 Å². The lowest BCUT2D eigenvalue weighted by atomic mass is 9.98. The topological polar surface area (TPSA) is 38.0 Å². The van der Waals surface area contributed by atoms with Gasteiger partial charge < -0.3 is 11.1 Å². The van der Waals surface area contributed by atoms with Gasteiger partial charge in [0.15, 0.2) is 0 Å². The molecule has 0 heterocycles. The Morgan fingerprint density at radius 3 is 1.81 bits per heavy atom. The minimum Gasteiger partial charge on any atom is -0.397 e. The zero-order valence-corrected chi connectivity index (χ0v) is 14.4. The van der Waals surface area contributed by atoms with Gasteiger partial charge in [0, 0.05) is 11.3 Å². The first-order valence-electron chi connectivity index (χ1n) is 8.68. The molecule has 2 nitrogen and oxygen atoms in total. The van der Waals surface area contributed by atoms with Crippen molar-refractivity contribution >= 4 is 17.1 Å². The summed E-state index contributed by atoms with van der Waals surface area (Å²) in [5.74, 6) is 0.